The summed E-state index contributed by atoms with van der Waals surface area (Å²) in [6.07, 6.45) is 2.50. The van der Waals surface area contributed by atoms with Crippen LogP contribution in [0.3, 0.4) is 0 Å². The van der Waals surface area contributed by atoms with Crippen molar-refractivity contribution in [1.82, 2.24) is 4.90 Å². The molecule has 6 nitrogen and oxygen atoms in total. The van der Waals surface area contributed by atoms with E-state index < -0.39 is 15.4 Å². The predicted molar refractivity (Wildman–Crippen MR) is 105 cm³/mol. The van der Waals surface area contributed by atoms with E-state index in [1.54, 1.807) is 26.0 Å². The molecule has 1 aliphatic carbocycles. The van der Waals surface area contributed by atoms with E-state index in [9.17, 15) is 13.2 Å². The first kappa shape index (κ1) is 21.5. The molecule has 0 radical (unpaired) electrons. The maximum atomic E-state index is 12.7. The number of hydrogen-bond donors (Lipinski definition) is 0. The van der Waals surface area contributed by atoms with Crippen molar-refractivity contribution < 1.29 is 22.1 Å². The van der Waals surface area contributed by atoms with Crippen molar-refractivity contribution in [2.75, 3.05) is 7.11 Å². The summed E-state index contributed by atoms with van der Waals surface area (Å²) in [6.45, 7) is 9.70. The number of ether oxygens (including phenoxy) is 1. The Kier molecular flexibility index (Phi) is 6.45. The highest BCUT2D eigenvalue weighted by molar-refractivity contribution is 7.87. The number of benzene rings is 1. The largest absolute Gasteiger partial charge is 0.493 e. The van der Waals surface area contributed by atoms with Crippen molar-refractivity contribution in [1.29, 1.82) is 0 Å². The minimum Gasteiger partial charge on any atom is -0.493 e. The highest BCUT2D eigenvalue weighted by atomic mass is 32.2. The quantitative estimate of drug-likeness (QED) is 0.625. The Morgan fingerprint density at radius 3 is 2.33 bits per heavy atom. The summed E-state index contributed by atoms with van der Waals surface area (Å²) in [6, 6.07) is 5.44. The Balaban J connectivity index is 2.24. The summed E-state index contributed by atoms with van der Waals surface area (Å²) < 4.78 is 34.8. The van der Waals surface area contributed by atoms with Gasteiger partial charge in [0.1, 0.15) is 0 Å². The zero-order valence-corrected chi connectivity index (χ0v) is 17.9. The van der Waals surface area contributed by atoms with Gasteiger partial charge in [0.25, 0.3) is 0 Å². The molecule has 0 heterocycles. The molecule has 1 aromatic carbocycles. The lowest BCUT2D eigenvalue weighted by Gasteiger charge is -2.27. The van der Waals surface area contributed by atoms with Gasteiger partial charge in [-0.3, -0.25) is 4.79 Å². The Labute approximate surface area is 163 Å². The molecule has 0 atom stereocenters. The Hall–Kier alpha value is -1.76. The van der Waals surface area contributed by atoms with Gasteiger partial charge < -0.3 is 13.8 Å². The third-order valence-corrected chi connectivity index (χ3v) is 5.92. The van der Waals surface area contributed by atoms with Crippen molar-refractivity contribution in [2.24, 2.45) is 5.41 Å². The van der Waals surface area contributed by atoms with Crippen LogP contribution in [0.4, 0.5) is 0 Å². The van der Waals surface area contributed by atoms with Crippen LogP contribution >= 0.6 is 0 Å². The predicted octanol–water partition coefficient (Wildman–Crippen LogP) is 3.74. The number of nitrogens with zero attached hydrogens (tertiary/aromatic N) is 1. The first-order valence-electron chi connectivity index (χ1n) is 9.32. The van der Waals surface area contributed by atoms with Crippen LogP contribution in [0.1, 0.15) is 59.4 Å². The Morgan fingerprint density at radius 2 is 1.85 bits per heavy atom. The standard InChI is InChI=1S/C20H31NO5S/c1-14(2)27(23,24)26-18-11-15(7-10-17(18)25-6)13-21(16-8-9-16)19(22)12-20(3,4)5/h7,10-11,14,16H,8-9,12-13H2,1-6H3. The van der Waals surface area contributed by atoms with Crippen molar-refractivity contribution in [2.45, 2.75) is 71.7 Å². The molecule has 7 heteroatoms. The molecular formula is C20H31NO5S. The van der Waals surface area contributed by atoms with E-state index in [-0.39, 0.29) is 23.1 Å². The molecular weight excluding hydrogens is 366 g/mol. The topological polar surface area (TPSA) is 72.9 Å². The van der Waals surface area contributed by atoms with Gasteiger partial charge >= 0.3 is 10.1 Å². The normalized spacial score (nSPS) is 14.9. The SMILES string of the molecule is COc1ccc(CN(C(=O)CC(C)(C)C)C2CC2)cc1OS(=O)(=O)C(C)C. The van der Waals surface area contributed by atoms with Crippen molar-refractivity contribution in [3.63, 3.8) is 0 Å². The minimum absolute atomic E-state index is 0.0796. The molecule has 0 unspecified atom stereocenters. The van der Waals surface area contributed by atoms with Gasteiger partial charge in [0.05, 0.1) is 12.4 Å². The zero-order valence-electron chi connectivity index (χ0n) is 17.1. The average Bonchev–Trinajstić information content (AvgIpc) is 3.35. The number of hydrogen-bond acceptors (Lipinski definition) is 5. The summed E-state index contributed by atoms with van der Waals surface area (Å²) in [5, 5.41) is -0.665. The van der Waals surface area contributed by atoms with E-state index in [0.29, 0.717) is 18.7 Å². The van der Waals surface area contributed by atoms with E-state index in [4.69, 9.17) is 8.92 Å². The molecule has 152 valence electrons. The number of amides is 1. The molecule has 2 rings (SSSR count). The Morgan fingerprint density at radius 1 is 1.22 bits per heavy atom. The third-order valence-electron chi connectivity index (χ3n) is 4.35. The van der Waals surface area contributed by atoms with Gasteiger partial charge in [0, 0.05) is 19.0 Å². The Bertz CT molecular complexity index is 776. The summed E-state index contributed by atoms with van der Waals surface area (Å²) in [5.41, 5.74) is 0.739. The van der Waals surface area contributed by atoms with Crippen LogP contribution in [-0.4, -0.2) is 37.6 Å². The summed E-state index contributed by atoms with van der Waals surface area (Å²) in [5.74, 6) is 0.628. The lowest BCUT2D eigenvalue weighted by atomic mass is 9.91. The molecule has 1 saturated carbocycles. The molecule has 0 aromatic heterocycles. The third kappa shape index (κ3) is 6.13. The fourth-order valence-corrected chi connectivity index (χ4v) is 3.24. The van der Waals surface area contributed by atoms with E-state index >= 15 is 0 Å². The number of methoxy groups -OCH3 is 1. The fourth-order valence-electron chi connectivity index (χ4n) is 2.66. The van der Waals surface area contributed by atoms with Crippen LogP contribution in [0, 0.1) is 5.41 Å². The zero-order chi connectivity index (χ0) is 20.4. The molecule has 27 heavy (non-hydrogen) atoms. The van der Waals surface area contributed by atoms with Crippen LogP contribution < -0.4 is 8.92 Å². The number of rotatable bonds is 8. The van der Waals surface area contributed by atoms with Crippen molar-refractivity contribution >= 4 is 16.0 Å². The van der Waals surface area contributed by atoms with Crippen LogP contribution in [0.15, 0.2) is 18.2 Å². The molecule has 0 spiro atoms. The first-order valence-corrected chi connectivity index (χ1v) is 10.8. The molecule has 0 saturated heterocycles. The lowest BCUT2D eigenvalue weighted by molar-refractivity contribution is -0.134. The van der Waals surface area contributed by atoms with Gasteiger partial charge in [-0.1, -0.05) is 26.8 Å². The van der Waals surface area contributed by atoms with Crippen LogP contribution in [0.5, 0.6) is 11.5 Å². The van der Waals surface area contributed by atoms with Gasteiger partial charge in [-0.25, -0.2) is 0 Å². The maximum Gasteiger partial charge on any atom is 0.311 e. The van der Waals surface area contributed by atoms with Crippen LogP contribution in [0.2, 0.25) is 0 Å². The smallest absolute Gasteiger partial charge is 0.311 e. The van der Waals surface area contributed by atoms with Crippen LogP contribution in [0.25, 0.3) is 0 Å². The van der Waals surface area contributed by atoms with Gasteiger partial charge in [0.15, 0.2) is 11.5 Å². The highest BCUT2D eigenvalue weighted by Crippen LogP contribution is 2.34. The summed E-state index contributed by atoms with van der Waals surface area (Å²) in [7, 11) is -2.27. The van der Waals surface area contributed by atoms with E-state index in [1.807, 2.05) is 31.7 Å². The van der Waals surface area contributed by atoms with E-state index in [2.05, 4.69) is 0 Å². The summed E-state index contributed by atoms with van der Waals surface area (Å²) >= 11 is 0. The second-order valence-corrected chi connectivity index (χ2v) is 10.7. The van der Waals surface area contributed by atoms with Gasteiger partial charge in [-0.15, -0.1) is 0 Å². The fraction of sp³-hybridized carbons (Fsp3) is 0.650. The van der Waals surface area contributed by atoms with Gasteiger partial charge in [-0.05, 0) is 49.8 Å². The second kappa shape index (κ2) is 8.09. The van der Waals surface area contributed by atoms with Gasteiger partial charge in [0.2, 0.25) is 5.91 Å². The molecule has 0 bridgehead atoms. The van der Waals surface area contributed by atoms with Crippen molar-refractivity contribution in [3.05, 3.63) is 23.8 Å². The maximum absolute atomic E-state index is 12.7. The molecule has 1 fully saturated rings. The second-order valence-electron chi connectivity index (χ2n) is 8.60. The highest BCUT2D eigenvalue weighted by Gasteiger charge is 2.34. The average molecular weight is 398 g/mol. The van der Waals surface area contributed by atoms with Crippen molar-refractivity contribution in [3.8, 4) is 11.5 Å². The molecule has 1 amide bonds. The minimum atomic E-state index is -3.73. The van der Waals surface area contributed by atoms with Crippen LogP contribution in [-0.2, 0) is 21.5 Å². The van der Waals surface area contributed by atoms with E-state index in [0.717, 1.165) is 18.4 Å². The molecule has 0 aliphatic heterocycles. The number of carbonyl (C=O) groups excluding carboxylic acids is 1. The van der Waals surface area contributed by atoms with Gasteiger partial charge in [-0.2, -0.15) is 8.42 Å². The summed E-state index contributed by atoms with van der Waals surface area (Å²) in [4.78, 5) is 14.6. The van der Waals surface area contributed by atoms with E-state index in [1.165, 1.54) is 7.11 Å². The monoisotopic (exact) mass is 397 g/mol. The molecule has 1 aromatic rings. The number of carbonyl (C=O) groups is 1. The lowest BCUT2D eigenvalue weighted by Crippen LogP contribution is -2.35. The molecule has 1 aliphatic rings. The first-order chi connectivity index (χ1) is 12.4. The molecule has 0 N–H and O–H groups in total.